The van der Waals surface area contributed by atoms with Crippen molar-refractivity contribution in [3.8, 4) is 0 Å². The largest absolute Gasteiger partial charge is 0.488 e. The molecule has 0 aliphatic heterocycles. The number of hydrogen-bond acceptors (Lipinski definition) is 12. The number of rotatable bonds is 17. The maximum atomic E-state index is 12.7. The predicted molar refractivity (Wildman–Crippen MR) is 126 cm³/mol. The van der Waals surface area contributed by atoms with Crippen LogP contribution in [0.3, 0.4) is 0 Å². The third kappa shape index (κ3) is 9.97. The number of ether oxygens (including phenoxy) is 1. The average Bonchev–Trinajstić information content (AvgIpc) is 3.15. The first-order valence-electron chi connectivity index (χ1n) is 10.9. The second-order valence-electron chi connectivity index (χ2n) is 7.52. The summed E-state index contributed by atoms with van der Waals surface area (Å²) in [6, 6.07) is 0. The van der Waals surface area contributed by atoms with Crippen molar-refractivity contribution in [2.45, 2.75) is 59.1 Å². The maximum absolute atomic E-state index is 12.7. The minimum absolute atomic E-state index is 0.0726. The van der Waals surface area contributed by atoms with Crippen LogP contribution in [0.4, 0.5) is 5.82 Å². The van der Waals surface area contributed by atoms with Gasteiger partial charge in [-0.1, -0.05) is 26.7 Å². The van der Waals surface area contributed by atoms with Crippen LogP contribution >= 0.6 is 23.2 Å². The first-order valence-corrected chi connectivity index (χ1v) is 15.6. The first-order chi connectivity index (χ1) is 16.4. The molecule has 0 bridgehead atoms. The first kappa shape index (κ1) is 30.0. The summed E-state index contributed by atoms with van der Waals surface area (Å²) in [5, 5.41) is 0. The maximum Gasteiger partial charge on any atom is 0.488 e. The topological polar surface area (TPSA) is 207 Å². The number of nitrogen functional groups attached to an aromatic ring is 1. The summed E-state index contributed by atoms with van der Waals surface area (Å²) in [4.78, 5) is 32.0. The van der Waals surface area contributed by atoms with Crippen molar-refractivity contribution in [2.24, 2.45) is 0 Å². The van der Waals surface area contributed by atoms with Gasteiger partial charge in [-0.3, -0.25) is 13.6 Å². The number of unbranched alkanes of at least 4 members (excludes halogenated alkanes) is 2. The molecule has 0 aliphatic rings. The van der Waals surface area contributed by atoms with E-state index in [0.717, 1.165) is 0 Å². The minimum atomic E-state index is -5.34. The van der Waals surface area contributed by atoms with Gasteiger partial charge in [-0.15, -0.1) is 0 Å². The number of imidazole rings is 1. The molecule has 0 aliphatic carbocycles. The highest BCUT2D eigenvalue weighted by molar-refractivity contribution is 7.68. The van der Waals surface area contributed by atoms with Gasteiger partial charge < -0.3 is 24.8 Å². The number of anilines is 1. The van der Waals surface area contributed by atoms with E-state index in [9.17, 15) is 23.5 Å². The monoisotopic (exact) mass is 559 g/mol. The molecule has 0 saturated carbocycles. The molecule has 35 heavy (non-hydrogen) atoms. The Kier molecular flexibility index (Phi) is 11.4. The van der Waals surface area contributed by atoms with Gasteiger partial charge in [-0.2, -0.15) is 4.31 Å². The molecule has 2 unspecified atom stereocenters. The van der Waals surface area contributed by atoms with E-state index >= 15 is 0 Å². The molecule has 4 N–H and O–H groups in total. The number of nitrogens with two attached hydrogens (primary N) is 1. The van der Waals surface area contributed by atoms with E-state index in [2.05, 4.69) is 23.6 Å². The molecule has 200 valence electrons. The summed E-state index contributed by atoms with van der Waals surface area (Å²) >= 11 is 0. The van der Waals surface area contributed by atoms with Crippen LogP contribution in [0, 0.1) is 0 Å². The van der Waals surface area contributed by atoms with Gasteiger partial charge >= 0.3 is 23.2 Å². The number of aromatic nitrogens is 4. The molecule has 0 amide bonds. The lowest BCUT2D eigenvalue weighted by molar-refractivity contribution is 0.0752. The van der Waals surface area contributed by atoms with Gasteiger partial charge in [0.1, 0.15) is 18.2 Å². The van der Waals surface area contributed by atoms with E-state index < -0.39 is 35.7 Å². The zero-order chi connectivity index (χ0) is 26.1. The molecular formula is C17H32N5O10P3. The third-order valence-electron chi connectivity index (χ3n) is 4.33. The van der Waals surface area contributed by atoms with Crippen molar-refractivity contribution in [1.29, 1.82) is 0 Å². The molecule has 2 heterocycles. The SMILES string of the molecule is CCCCOP(=O)(OCCCC)OP(=O)(O)OP(=O)(O)CO[C@H](C)Cn1cnc2c(N)ncnc21. The van der Waals surface area contributed by atoms with Gasteiger partial charge in [0.2, 0.25) is 0 Å². The number of phosphoric ester groups is 1. The predicted octanol–water partition coefficient (Wildman–Crippen LogP) is 3.83. The van der Waals surface area contributed by atoms with Crippen molar-refractivity contribution in [3.63, 3.8) is 0 Å². The fourth-order valence-corrected chi connectivity index (χ4v) is 7.11. The Morgan fingerprint density at radius 2 is 1.66 bits per heavy atom. The minimum Gasteiger partial charge on any atom is -0.382 e. The molecule has 2 aromatic heterocycles. The summed E-state index contributed by atoms with van der Waals surface area (Å²) in [6.07, 6.45) is 3.45. The normalized spacial score (nSPS) is 16.7. The Morgan fingerprint density at radius 3 is 2.26 bits per heavy atom. The van der Waals surface area contributed by atoms with Crippen LogP contribution in [0.5, 0.6) is 0 Å². The Balaban J connectivity index is 1.96. The van der Waals surface area contributed by atoms with Crippen LogP contribution in [0.25, 0.3) is 11.2 Å². The van der Waals surface area contributed by atoms with E-state index in [1.54, 1.807) is 11.5 Å². The Morgan fingerprint density at radius 1 is 1.03 bits per heavy atom. The highest BCUT2D eigenvalue weighted by Gasteiger charge is 2.43. The average molecular weight is 559 g/mol. The summed E-state index contributed by atoms with van der Waals surface area (Å²) in [6.45, 7) is 5.31. The smallest absolute Gasteiger partial charge is 0.382 e. The number of phosphoric acid groups is 2. The Labute approximate surface area is 203 Å². The molecule has 0 fully saturated rings. The van der Waals surface area contributed by atoms with E-state index in [4.69, 9.17) is 19.5 Å². The van der Waals surface area contributed by atoms with Gasteiger partial charge in [0.05, 0.1) is 32.2 Å². The lowest BCUT2D eigenvalue weighted by Gasteiger charge is -2.22. The summed E-state index contributed by atoms with van der Waals surface area (Å²) in [7, 11) is -14.7. The molecular weight excluding hydrogens is 527 g/mol. The van der Waals surface area contributed by atoms with Gasteiger partial charge in [-0.05, 0) is 19.8 Å². The van der Waals surface area contributed by atoms with Crippen LogP contribution in [0.15, 0.2) is 12.7 Å². The van der Waals surface area contributed by atoms with E-state index in [1.165, 1.54) is 12.7 Å². The molecule has 18 heteroatoms. The number of hydrogen-bond donors (Lipinski definition) is 3. The molecule has 0 spiro atoms. The van der Waals surface area contributed by atoms with Crippen LogP contribution in [-0.2, 0) is 42.6 Å². The van der Waals surface area contributed by atoms with Crippen molar-refractivity contribution >= 4 is 40.2 Å². The van der Waals surface area contributed by atoms with Crippen LogP contribution < -0.4 is 5.73 Å². The molecule has 0 radical (unpaired) electrons. The molecule has 2 aromatic rings. The van der Waals surface area contributed by atoms with Crippen molar-refractivity contribution < 1.29 is 45.9 Å². The van der Waals surface area contributed by atoms with Gasteiger partial charge in [0.15, 0.2) is 11.5 Å². The Hall–Kier alpha value is -1.24. The van der Waals surface area contributed by atoms with Crippen molar-refractivity contribution in [3.05, 3.63) is 12.7 Å². The standard InChI is InChI=1S/C17H32N5O10P3/c1-4-6-8-29-35(27,30-9-7-5-2)32-34(25,26)31-33(23,24)13-28-14(3)10-22-12-21-15-16(18)19-11-20-17(15)22/h11-12,14H,4-10,13H2,1-3H3,(H,23,24)(H,25,26)(H2,18,19,20)/t14-/m1/s1. The second-order valence-corrected chi connectivity index (χ2v) is 12.7. The highest BCUT2D eigenvalue weighted by atomic mass is 31.3. The molecule has 0 aromatic carbocycles. The lowest BCUT2D eigenvalue weighted by Crippen LogP contribution is -2.17. The van der Waals surface area contributed by atoms with Crippen LogP contribution in [0.1, 0.15) is 46.5 Å². The number of fused-ring (bicyclic) bond motifs is 1. The van der Waals surface area contributed by atoms with E-state index in [1.807, 2.05) is 13.8 Å². The van der Waals surface area contributed by atoms with Crippen molar-refractivity contribution in [1.82, 2.24) is 19.5 Å². The Bertz CT molecular complexity index is 1090. The quantitative estimate of drug-likeness (QED) is 0.186. The molecule has 15 nitrogen and oxygen atoms in total. The lowest BCUT2D eigenvalue weighted by atomic mass is 10.4. The zero-order valence-corrected chi connectivity index (χ0v) is 22.4. The second kappa shape index (κ2) is 13.3. The van der Waals surface area contributed by atoms with Gasteiger partial charge in [0, 0.05) is 0 Å². The third-order valence-corrected chi connectivity index (χ3v) is 9.28. The summed E-state index contributed by atoms with van der Waals surface area (Å²) in [5.41, 5.74) is 6.57. The molecule has 0 saturated heterocycles. The summed E-state index contributed by atoms with van der Waals surface area (Å²) in [5.74, 6) is 0.198. The fraction of sp³-hybridized carbons (Fsp3) is 0.706. The van der Waals surface area contributed by atoms with Crippen LogP contribution in [-0.4, -0.2) is 55.0 Å². The molecule has 3 atom stereocenters. The zero-order valence-electron chi connectivity index (χ0n) is 19.8. The highest BCUT2D eigenvalue weighted by Crippen LogP contribution is 2.69. The number of nitrogens with zero attached hydrogens (tertiary/aromatic N) is 4. The van der Waals surface area contributed by atoms with E-state index in [0.29, 0.717) is 36.8 Å². The van der Waals surface area contributed by atoms with Gasteiger partial charge in [0.25, 0.3) is 0 Å². The summed E-state index contributed by atoms with van der Waals surface area (Å²) < 4.78 is 63.4. The van der Waals surface area contributed by atoms with Gasteiger partial charge in [-0.25, -0.2) is 28.4 Å². The fourth-order valence-electron chi connectivity index (χ4n) is 2.64. The van der Waals surface area contributed by atoms with Crippen molar-refractivity contribution in [2.75, 3.05) is 25.3 Å². The van der Waals surface area contributed by atoms with E-state index in [-0.39, 0.29) is 25.6 Å². The molecule has 2 rings (SSSR count). The van der Waals surface area contributed by atoms with Crippen LogP contribution in [0.2, 0.25) is 0 Å².